The lowest BCUT2D eigenvalue weighted by Gasteiger charge is -2.20. The lowest BCUT2D eigenvalue weighted by atomic mass is 9.83. The number of hydrogen-bond acceptors (Lipinski definition) is 3. The summed E-state index contributed by atoms with van der Waals surface area (Å²) in [5.74, 6) is -1.89. The Hall–Kier alpha value is -1.62. The molecule has 0 aromatic heterocycles. The van der Waals surface area contributed by atoms with Crippen LogP contribution < -0.4 is 5.32 Å². The van der Waals surface area contributed by atoms with Crippen molar-refractivity contribution in [1.29, 1.82) is 0 Å². The van der Waals surface area contributed by atoms with E-state index in [0.717, 1.165) is 12.1 Å². The summed E-state index contributed by atoms with van der Waals surface area (Å²) in [6.45, 7) is 6.36. The highest BCUT2D eigenvalue weighted by molar-refractivity contribution is 5.71. The van der Waals surface area contributed by atoms with Gasteiger partial charge < -0.3 is 15.5 Å². The van der Waals surface area contributed by atoms with Crippen molar-refractivity contribution in [2.75, 3.05) is 6.54 Å². The summed E-state index contributed by atoms with van der Waals surface area (Å²) in [4.78, 5) is 21.6. The predicted molar refractivity (Wildman–Crippen MR) is 76.4 cm³/mol. The van der Waals surface area contributed by atoms with Crippen LogP contribution in [0.5, 0.6) is 0 Å². The van der Waals surface area contributed by atoms with Gasteiger partial charge in [0.05, 0.1) is 12.3 Å². The van der Waals surface area contributed by atoms with Gasteiger partial charge in [0.25, 0.3) is 0 Å². The van der Waals surface area contributed by atoms with Crippen LogP contribution in [-0.4, -0.2) is 34.7 Å². The second kappa shape index (κ2) is 7.24. The third-order valence-corrected chi connectivity index (χ3v) is 3.96. The molecule has 0 aromatic rings. The van der Waals surface area contributed by atoms with Crippen LogP contribution in [0.15, 0.2) is 23.8 Å². The molecule has 0 bridgehead atoms. The fraction of sp³-hybridized carbons (Fsp3) is 0.600. The lowest BCUT2D eigenvalue weighted by molar-refractivity contribution is -0.140. The van der Waals surface area contributed by atoms with Gasteiger partial charge in [0.1, 0.15) is 0 Å². The normalized spacial score (nSPS) is 28.8. The Morgan fingerprint density at radius 3 is 2.60 bits per heavy atom. The topological polar surface area (TPSA) is 86.6 Å². The number of hydrogen-bond donors (Lipinski definition) is 3. The minimum Gasteiger partial charge on any atom is -0.481 e. The number of allylic oxidation sites excluding steroid dienone is 2. The van der Waals surface area contributed by atoms with E-state index in [1.807, 2.05) is 19.9 Å². The molecule has 20 heavy (non-hydrogen) atoms. The zero-order chi connectivity index (χ0) is 15.3. The average Bonchev–Trinajstić information content (AvgIpc) is 2.70. The molecule has 4 atom stereocenters. The summed E-state index contributed by atoms with van der Waals surface area (Å²) in [6, 6.07) is 0.182. The molecule has 1 saturated heterocycles. The molecule has 5 nitrogen and oxygen atoms in total. The number of rotatable bonds is 6. The minimum atomic E-state index is -0.854. The van der Waals surface area contributed by atoms with Crippen LogP contribution in [0.3, 0.4) is 0 Å². The standard InChI is InChI=1S/C15H23NO4/c1-9(5-4-6-10(2)15(19)20)13-8-16-11(3)12(13)7-14(17)18/h4-6,10-13,16H,7-8H2,1-3H3,(H,17,18)(H,19,20)/b6-4+,9-5-/t10-,11-,12-,13-/m1/s1. The highest BCUT2D eigenvalue weighted by Gasteiger charge is 2.35. The third-order valence-electron chi connectivity index (χ3n) is 3.96. The first-order valence-electron chi connectivity index (χ1n) is 6.86. The Balaban J connectivity index is 2.72. The van der Waals surface area contributed by atoms with Crippen molar-refractivity contribution in [3.63, 3.8) is 0 Å². The first-order chi connectivity index (χ1) is 9.32. The van der Waals surface area contributed by atoms with E-state index in [1.165, 1.54) is 0 Å². The van der Waals surface area contributed by atoms with Crippen LogP contribution in [0.4, 0.5) is 0 Å². The summed E-state index contributed by atoms with van der Waals surface area (Å²) in [6.07, 6.45) is 5.41. The van der Waals surface area contributed by atoms with E-state index in [-0.39, 0.29) is 24.3 Å². The van der Waals surface area contributed by atoms with Gasteiger partial charge >= 0.3 is 11.9 Å². The second-order valence-corrected chi connectivity index (χ2v) is 5.49. The van der Waals surface area contributed by atoms with Gasteiger partial charge in [0.15, 0.2) is 0 Å². The Kier molecular flexibility index (Phi) is 5.95. The second-order valence-electron chi connectivity index (χ2n) is 5.49. The lowest BCUT2D eigenvalue weighted by Crippen LogP contribution is -2.25. The molecule has 1 aliphatic heterocycles. The molecule has 0 radical (unpaired) electrons. The summed E-state index contributed by atoms with van der Waals surface area (Å²) in [5, 5.41) is 21.1. The summed E-state index contributed by atoms with van der Waals surface area (Å²) in [5.41, 5.74) is 1.09. The predicted octanol–water partition coefficient (Wildman–Crippen LogP) is 1.91. The van der Waals surface area contributed by atoms with Gasteiger partial charge in [-0.05, 0) is 32.6 Å². The molecule has 0 unspecified atom stereocenters. The number of carboxylic acids is 2. The van der Waals surface area contributed by atoms with Crippen molar-refractivity contribution in [2.24, 2.45) is 17.8 Å². The molecule has 0 saturated carbocycles. The van der Waals surface area contributed by atoms with Crippen LogP contribution >= 0.6 is 0 Å². The van der Waals surface area contributed by atoms with E-state index in [1.54, 1.807) is 19.1 Å². The number of carbonyl (C=O) groups is 2. The molecular weight excluding hydrogens is 258 g/mol. The third kappa shape index (κ3) is 4.49. The van der Waals surface area contributed by atoms with Crippen molar-refractivity contribution >= 4 is 11.9 Å². The van der Waals surface area contributed by atoms with Gasteiger partial charge in [-0.2, -0.15) is 0 Å². The largest absolute Gasteiger partial charge is 0.481 e. The van der Waals surface area contributed by atoms with Gasteiger partial charge in [0, 0.05) is 12.6 Å². The van der Waals surface area contributed by atoms with E-state index in [2.05, 4.69) is 5.32 Å². The van der Waals surface area contributed by atoms with Crippen LogP contribution in [0, 0.1) is 17.8 Å². The zero-order valence-corrected chi connectivity index (χ0v) is 12.2. The van der Waals surface area contributed by atoms with Gasteiger partial charge in [-0.3, -0.25) is 9.59 Å². The maximum atomic E-state index is 10.9. The maximum absolute atomic E-state index is 10.9. The fourth-order valence-electron chi connectivity index (χ4n) is 2.56. The first-order valence-corrected chi connectivity index (χ1v) is 6.86. The van der Waals surface area contributed by atoms with E-state index < -0.39 is 17.9 Å². The van der Waals surface area contributed by atoms with Crippen molar-refractivity contribution in [1.82, 2.24) is 5.32 Å². The molecule has 1 fully saturated rings. The van der Waals surface area contributed by atoms with Crippen molar-refractivity contribution < 1.29 is 19.8 Å². The summed E-state index contributed by atoms with van der Waals surface area (Å²) < 4.78 is 0. The smallest absolute Gasteiger partial charge is 0.310 e. The van der Waals surface area contributed by atoms with E-state index in [0.29, 0.717) is 0 Å². The van der Waals surface area contributed by atoms with E-state index >= 15 is 0 Å². The number of aliphatic carboxylic acids is 2. The molecule has 5 heteroatoms. The Bertz CT molecular complexity index is 428. The molecule has 0 aliphatic carbocycles. The molecule has 3 N–H and O–H groups in total. The molecule has 0 amide bonds. The monoisotopic (exact) mass is 281 g/mol. The number of carboxylic acid groups (broad SMARTS) is 2. The van der Waals surface area contributed by atoms with Crippen LogP contribution in [-0.2, 0) is 9.59 Å². The van der Waals surface area contributed by atoms with Gasteiger partial charge in [-0.15, -0.1) is 0 Å². The summed E-state index contributed by atoms with van der Waals surface area (Å²) >= 11 is 0. The molecule has 1 aliphatic rings. The van der Waals surface area contributed by atoms with Crippen molar-refractivity contribution in [2.45, 2.75) is 33.2 Å². The number of nitrogens with one attached hydrogen (secondary N) is 1. The Morgan fingerprint density at radius 2 is 2.05 bits per heavy atom. The Morgan fingerprint density at radius 1 is 1.40 bits per heavy atom. The molecule has 0 aromatic carbocycles. The minimum absolute atomic E-state index is 0.0778. The summed E-state index contributed by atoms with van der Waals surface area (Å²) in [7, 11) is 0. The van der Waals surface area contributed by atoms with Crippen LogP contribution in [0.1, 0.15) is 27.2 Å². The highest BCUT2D eigenvalue weighted by atomic mass is 16.4. The highest BCUT2D eigenvalue weighted by Crippen LogP contribution is 2.31. The Labute approximate surface area is 119 Å². The molecular formula is C15H23NO4. The van der Waals surface area contributed by atoms with Gasteiger partial charge in [-0.1, -0.05) is 23.8 Å². The molecule has 0 spiro atoms. The van der Waals surface area contributed by atoms with E-state index in [9.17, 15) is 9.59 Å². The average molecular weight is 281 g/mol. The fourth-order valence-corrected chi connectivity index (χ4v) is 2.56. The zero-order valence-electron chi connectivity index (χ0n) is 12.2. The molecule has 112 valence electrons. The first kappa shape index (κ1) is 16.4. The maximum Gasteiger partial charge on any atom is 0.310 e. The van der Waals surface area contributed by atoms with Crippen LogP contribution in [0.25, 0.3) is 0 Å². The van der Waals surface area contributed by atoms with Gasteiger partial charge in [-0.25, -0.2) is 0 Å². The quantitative estimate of drug-likeness (QED) is 0.647. The molecule has 1 heterocycles. The van der Waals surface area contributed by atoms with Crippen molar-refractivity contribution in [3.8, 4) is 0 Å². The SMILES string of the molecule is C/C(=C/C=C/[C@@H](C)C(=O)O)[C@H]1CN[C@H](C)[C@H]1CC(=O)O. The van der Waals surface area contributed by atoms with Crippen LogP contribution in [0.2, 0.25) is 0 Å². The van der Waals surface area contributed by atoms with E-state index in [4.69, 9.17) is 10.2 Å². The van der Waals surface area contributed by atoms with Crippen molar-refractivity contribution in [3.05, 3.63) is 23.8 Å². The molecule has 1 rings (SSSR count). The van der Waals surface area contributed by atoms with Gasteiger partial charge in [0.2, 0.25) is 0 Å².